The first kappa shape index (κ1) is 15.6. The van der Waals surface area contributed by atoms with Crippen LogP contribution in [0.3, 0.4) is 0 Å². The molecule has 20 heavy (non-hydrogen) atoms. The summed E-state index contributed by atoms with van der Waals surface area (Å²) in [6.07, 6.45) is -0.336. The van der Waals surface area contributed by atoms with E-state index >= 15 is 0 Å². The van der Waals surface area contributed by atoms with Gasteiger partial charge >= 0.3 is 11.9 Å². The van der Waals surface area contributed by atoms with E-state index < -0.39 is 29.3 Å². The zero-order valence-electron chi connectivity index (χ0n) is 11.0. The zero-order valence-corrected chi connectivity index (χ0v) is 11.0. The van der Waals surface area contributed by atoms with E-state index in [0.29, 0.717) is 5.75 Å². The summed E-state index contributed by atoms with van der Waals surface area (Å²) >= 11 is 0. The van der Waals surface area contributed by atoms with Crippen LogP contribution in [-0.2, 0) is 14.3 Å². The summed E-state index contributed by atoms with van der Waals surface area (Å²) in [5, 5.41) is 10.5. The summed E-state index contributed by atoms with van der Waals surface area (Å²) < 4.78 is 9.58. The van der Waals surface area contributed by atoms with Crippen LogP contribution in [0.15, 0.2) is 30.3 Å². The van der Waals surface area contributed by atoms with Gasteiger partial charge in [0.25, 0.3) is 0 Å². The number of carbonyl (C=O) groups excluding carboxylic acids is 2. The molecule has 0 bridgehead atoms. The van der Waals surface area contributed by atoms with Crippen molar-refractivity contribution in [2.24, 2.45) is 0 Å². The van der Waals surface area contributed by atoms with Crippen LogP contribution in [0.1, 0.15) is 19.8 Å². The first-order valence-electron chi connectivity index (χ1n) is 6.07. The van der Waals surface area contributed by atoms with E-state index in [1.807, 2.05) is 0 Å². The number of nitro groups is 1. The maximum Gasteiger partial charge on any atom is 0.322 e. The summed E-state index contributed by atoms with van der Waals surface area (Å²) in [6, 6.07) is 7.32. The fourth-order valence-corrected chi connectivity index (χ4v) is 1.34. The second kappa shape index (κ2) is 7.88. The topological polar surface area (TPSA) is 95.7 Å². The Balaban J connectivity index is 2.35. The third-order valence-electron chi connectivity index (χ3n) is 2.47. The molecule has 0 saturated heterocycles. The lowest BCUT2D eigenvalue weighted by atomic mass is 10.2. The lowest BCUT2D eigenvalue weighted by Gasteiger charge is -2.08. The van der Waals surface area contributed by atoms with Gasteiger partial charge in [-0.15, -0.1) is 0 Å². The Morgan fingerprint density at radius 2 is 1.90 bits per heavy atom. The maximum atomic E-state index is 11.4. The molecule has 0 aromatic heterocycles. The van der Waals surface area contributed by atoms with Crippen molar-refractivity contribution in [2.75, 3.05) is 6.61 Å². The van der Waals surface area contributed by atoms with Crippen molar-refractivity contribution in [2.45, 2.75) is 25.8 Å². The maximum absolute atomic E-state index is 11.4. The number of ether oxygens (including phenoxy) is 2. The van der Waals surface area contributed by atoms with Gasteiger partial charge in [-0.05, 0) is 12.1 Å². The molecule has 0 aliphatic rings. The summed E-state index contributed by atoms with van der Waals surface area (Å²) in [4.78, 5) is 32.8. The lowest BCUT2D eigenvalue weighted by Crippen LogP contribution is -2.27. The van der Waals surface area contributed by atoms with E-state index in [1.165, 1.54) is 0 Å². The number of carbonyl (C=O) groups is 2. The molecule has 0 aliphatic carbocycles. The van der Waals surface area contributed by atoms with Crippen molar-refractivity contribution >= 4 is 11.9 Å². The summed E-state index contributed by atoms with van der Waals surface area (Å²) in [5.41, 5.74) is 0. The Bertz CT molecular complexity index is 473. The Hall–Kier alpha value is -2.44. The van der Waals surface area contributed by atoms with Crippen LogP contribution in [0.4, 0.5) is 0 Å². The monoisotopic (exact) mass is 281 g/mol. The molecule has 7 heteroatoms. The quantitative estimate of drug-likeness (QED) is 0.247. The van der Waals surface area contributed by atoms with Gasteiger partial charge in [-0.25, -0.2) is 0 Å². The minimum atomic E-state index is -0.955. The van der Waals surface area contributed by atoms with Gasteiger partial charge in [0.05, 0.1) is 0 Å². The highest BCUT2D eigenvalue weighted by atomic mass is 16.6. The number of benzene rings is 1. The first-order valence-corrected chi connectivity index (χ1v) is 6.07. The van der Waals surface area contributed by atoms with Crippen LogP contribution in [0.25, 0.3) is 0 Å². The SMILES string of the molecule is CCC(COC(=O)CC(=O)Oc1ccccc1)[N+](=O)[O-]. The molecule has 7 nitrogen and oxygen atoms in total. The second-order valence-electron chi connectivity index (χ2n) is 3.99. The molecule has 1 rings (SSSR count). The van der Waals surface area contributed by atoms with Gasteiger partial charge in [-0.3, -0.25) is 19.7 Å². The molecule has 1 unspecified atom stereocenters. The molecular formula is C13H15NO6. The highest BCUT2D eigenvalue weighted by Crippen LogP contribution is 2.09. The predicted molar refractivity (Wildman–Crippen MR) is 68.7 cm³/mol. The molecule has 1 atom stereocenters. The minimum absolute atomic E-state index is 0.245. The smallest absolute Gasteiger partial charge is 0.322 e. The Morgan fingerprint density at radius 1 is 1.25 bits per heavy atom. The van der Waals surface area contributed by atoms with E-state index in [0.717, 1.165) is 0 Å². The normalized spacial score (nSPS) is 11.4. The third kappa shape index (κ3) is 5.47. The van der Waals surface area contributed by atoms with E-state index in [1.54, 1.807) is 37.3 Å². The van der Waals surface area contributed by atoms with Crippen molar-refractivity contribution in [1.82, 2.24) is 0 Å². The molecule has 0 heterocycles. The van der Waals surface area contributed by atoms with Crippen LogP contribution in [0, 0.1) is 10.1 Å². The van der Waals surface area contributed by atoms with Crippen molar-refractivity contribution < 1.29 is 24.0 Å². The largest absolute Gasteiger partial charge is 0.458 e. The Kier molecular flexibility index (Phi) is 6.15. The fourth-order valence-electron chi connectivity index (χ4n) is 1.34. The number of hydrogen-bond donors (Lipinski definition) is 0. The lowest BCUT2D eigenvalue weighted by molar-refractivity contribution is -0.525. The number of esters is 2. The molecule has 0 amide bonds. The van der Waals surface area contributed by atoms with Crippen LogP contribution in [0.2, 0.25) is 0 Å². The summed E-state index contributed by atoms with van der Waals surface area (Å²) in [6.45, 7) is 1.27. The number of hydrogen-bond acceptors (Lipinski definition) is 6. The molecule has 1 aromatic carbocycles. The molecule has 1 aromatic rings. The van der Waals surface area contributed by atoms with E-state index in [-0.39, 0.29) is 13.0 Å². The Morgan fingerprint density at radius 3 is 2.45 bits per heavy atom. The highest BCUT2D eigenvalue weighted by molar-refractivity contribution is 5.92. The zero-order chi connectivity index (χ0) is 15.0. The summed E-state index contributed by atoms with van der Waals surface area (Å²) in [7, 11) is 0. The average molecular weight is 281 g/mol. The molecule has 0 radical (unpaired) electrons. The molecule has 0 saturated carbocycles. The van der Waals surface area contributed by atoms with Gasteiger partial charge in [0.2, 0.25) is 6.04 Å². The van der Waals surface area contributed by atoms with Crippen LogP contribution in [-0.4, -0.2) is 29.5 Å². The van der Waals surface area contributed by atoms with Crippen molar-refractivity contribution in [1.29, 1.82) is 0 Å². The fraction of sp³-hybridized carbons (Fsp3) is 0.385. The Labute approximate surface area is 115 Å². The number of nitrogens with zero attached hydrogens (tertiary/aromatic N) is 1. The van der Waals surface area contributed by atoms with Gasteiger partial charge in [0.1, 0.15) is 12.2 Å². The molecule has 0 N–H and O–H groups in total. The van der Waals surface area contributed by atoms with Crippen molar-refractivity contribution in [3.8, 4) is 5.75 Å². The molecule has 108 valence electrons. The summed E-state index contributed by atoms with van der Waals surface area (Å²) in [5.74, 6) is -1.29. The van der Waals surface area contributed by atoms with E-state index in [4.69, 9.17) is 4.74 Å². The van der Waals surface area contributed by atoms with Crippen LogP contribution >= 0.6 is 0 Å². The molecular weight excluding hydrogens is 266 g/mol. The van der Waals surface area contributed by atoms with E-state index in [2.05, 4.69) is 4.74 Å². The standard InChI is InChI=1S/C13H15NO6/c1-2-10(14(17)18)9-19-12(15)8-13(16)20-11-6-4-3-5-7-11/h3-7,10H,2,8-9H2,1H3. The molecule has 0 fully saturated rings. The van der Waals surface area contributed by atoms with Gasteiger partial charge in [0, 0.05) is 11.3 Å². The van der Waals surface area contributed by atoms with Gasteiger partial charge in [-0.1, -0.05) is 25.1 Å². The van der Waals surface area contributed by atoms with Crippen LogP contribution in [0.5, 0.6) is 5.75 Å². The predicted octanol–water partition coefficient (Wildman–Crippen LogP) is 1.58. The second-order valence-corrected chi connectivity index (χ2v) is 3.99. The first-order chi connectivity index (χ1) is 9.52. The highest BCUT2D eigenvalue weighted by Gasteiger charge is 2.21. The van der Waals surface area contributed by atoms with Gasteiger partial charge in [-0.2, -0.15) is 0 Å². The number of rotatable bonds is 7. The minimum Gasteiger partial charge on any atom is -0.458 e. The average Bonchev–Trinajstić information content (AvgIpc) is 2.39. The third-order valence-corrected chi connectivity index (χ3v) is 2.47. The van der Waals surface area contributed by atoms with Crippen LogP contribution < -0.4 is 4.74 Å². The van der Waals surface area contributed by atoms with Gasteiger partial charge in [0.15, 0.2) is 6.61 Å². The van der Waals surface area contributed by atoms with Crippen molar-refractivity contribution in [3.63, 3.8) is 0 Å². The molecule has 0 spiro atoms. The van der Waals surface area contributed by atoms with Crippen molar-refractivity contribution in [3.05, 3.63) is 40.4 Å². The molecule has 0 aliphatic heterocycles. The van der Waals surface area contributed by atoms with E-state index in [9.17, 15) is 19.7 Å². The number of para-hydroxylation sites is 1. The van der Waals surface area contributed by atoms with Gasteiger partial charge < -0.3 is 9.47 Å².